The van der Waals surface area contributed by atoms with Crippen molar-refractivity contribution >= 4 is 16.7 Å². The molecule has 0 aliphatic carbocycles. The van der Waals surface area contributed by atoms with Gasteiger partial charge in [0.05, 0.1) is 17.1 Å². The van der Waals surface area contributed by atoms with Crippen molar-refractivity contribution in [3.05, 3.63) is 59.4 Å². The number of nitrogens with one attached hydrogen (secondary N) is 2. The molecule has 4 nitrogen and oxygen atoms in total. The predicted octanol–water partition coefficient (Wildman–Crippen LogP) is 2.96. The van der Waals surface area contributed by atoms with E-state index < -0.39 is 0 Å². The number of nitrogens with zero attached hydrogens (tertiary/aromatic N) is 1. The number of nitrogens with two attached hydrogens (primary N) is 1. The van der Waals surface area contributed by atoms with E-state index in [0.29, 0.717) is 0 Å². The molecule has 1 heterocycles. The Morgan fingerprint density at radius 3 is 2.75 bits per heavy atom. The summed E-state index contributed by atoms with van der Waals surface area (Å²) in [6, 6.07) is 14.1. The molecule has 102 valence electrons. The molecule has 3 rings (SSSR count). The molecule has 0 amide bonds. The Labute approximate surface area is 118 Å². The van der Waals surface area contributed by atoms with Crippen LogP contribution in [0.25, 0.3) is 11.0 Å². The lowest BCUT2D eigenvalue weighted by molar-refractivity contribution is 0.873. The molecule has 3 aromatic rings. The van der Waals surface area contributed by atoms with Crippen LogP contribution in [0.1, 0.15) is 23.0 Å². The van der Waals surface area contributed by atoms with Crippen LogP contribution < -0.4 is 11.1 Å². The van der Waals surface area contributed by atoms with Crippen LogP contribution in [0.2, 0.25) is 0 Å². The first-order chi connectivity index (χ1) is 9.67. The van der Waals surface area contributed by atoms with Gasteiger partial charge in [0.1, 0.15) is 5.82 Å². The second-order valence-electron chi connectivity index (χ2n) is 4.95. The van der Waals surface area contributed by atoms with Gasteiger partial charge in [-0.3, -0.25) is 0 Å². The lowest BCUT2D eigenvalue weighted by atomic mass is 9.99. The number of aromatic amines is 1. The Hall–Kier alpha value is -2.33. The summed E-state index contributed by atoms with van der Waals surface area (Å²) in [6.45, 7) is 1.95. The molecule has 0 aliphatic rings. The van der Waals surface area contributed by atoms with Crippen molar-refractivity contribution in [2.75, 3.05) is 12.4 Å². The molecule has 4 heteroatoms. The average molecular weight is 266 g/mol. The molecule has 0 fully saturated rings. The lowest BCUT2D eigenvalue weighted by Crippen LogP contribution is -2.12. The van der Waals surface area contributed by atoms with Gasteiger partial charge in [-0.2, -0.15) is 0 Å². The van der Waals surface area contributed by atoms with Crippen LogP contribution in [-0.2, 0) is 0 Å². The second kappa shape index (κ2) is 4.98. The van der Waals surface area contributed by atoms with Crippen LogP contribution >= 0.6 is 0 Å². The van der Waals surface area contributed by atoms with E-state index in [9.17, 15) is 0 Å². The molecule has 4 N–H and O–H groups in total. The zero-order valence-corrected chi connectivity index (χ0v) is 11.6. The Bertz CT molecular complexity index is 745. The topological polar surface area (TPSA) is 66.7 Å². The summed E-state index contributed by atoms with van der Waals surface area (Å²) in [7, 11) is 1.91. The Balaban J connectivity index is 2.00. The normalized spacial score (nSPS) is 12.6. The highest BCUT2D eigenvalue weighted by Crippen LogP contribution is 2.24. The number of hydrogen-bond donors (Lipinski definition) is 3. The van der Waals surface area contributed by atoms with Crippen molar-refractivity contribution < 1.29 is 0 Å². The number of aryl methyl sites for hydroxylation is 1. The van der Waals surface area contributed by atoms with Gasteiger partial charge in [0.15, 0.2) is 0 Å². The van der Waals surface area contributed by atoms with Crippen molar-refractivity contribution in [1.82, 2.24) is 9.97 Å². The van der Waals surface area contributed by atoms with Gasteiger partial charge >= 0.3 is 0 Å². The van der Waals surface area contributed by atoms with E-state index >= 15 is 0 Å². The maximum Gasteiger partial charge on any atom is 0.104 e. The zero-order chi connectivity index (χ0) is 14.1. The summed E-state index contributed by atoms with van der Waals surface area (Å²) in [5, 5.41) is 3.13. The zero-order valence-electron chi connectivity index (χ0n) is 11.6. The molecule has 20 heavy (non-hydrogen) atoms. The Kier molecular flexibility index (Phi) is 3.16. The number of fused-ring (bicyclic) bond motifs is 1. The minimum absolute atomic E-state index is 0.142. The van der Waals surface area contributed by atoms with Gasteiger partial charge in [0.2, 0.25) is 0 Å². The number of aromatic nitrogens is 2. The van der Waals surface area contributed by atoms with Crippen molar-refractivity contribution in [3.8, 4) is 0 Å². The van der Waals surface area contributed by atoms with E-state index in [1.165, 1.54) is 0 Å². The smallest absolute Gasteiger partial charge is 0.104 e. The molecule has 0 aliphatic heterocycles. The molecule has 0 saturated heterocycles. The monoisotopic (exact) mass is 266 g/mol. The third kappa shape index (κ3) is 2.26. The number of benzene rings is 2. The predicted molar refractivity (Wildman–Crippen MR) is 82.8 cm³/mol. The van der Waals surface area contributed by atoms with E-state index in [1.807, 2.05) is 44.3 Å². The maximum atomic E-state index is 6.38. The number of anilines is 1. The summed E-state index contributed by atoms with van der Waals surface area (Å²) in [5.41, 5.74) is 11.6. The minimum atomic E-state index is -0.142. The molecule has 0 spiro atoms. The summed E-state index contributed by atoms with van der Waals surface area (Å²) >= 11 is 0. The molecule has 1 atom stereocenters. The molecule has 0 bridgehead atoms. The van der Waals surface area contributed by atoms with Crippen LogP contribution in [0.3, 0.4) is 0 Å². The van der Waals surface area contributed by atoms with Crippen LogP contribution in [0, 0.1) is 6.92 Å². The molecular weight excluding hydrogens is 248 g/mol. The first-order valence-corrected chi connectivity index (χ1v) is 6.67. The minimum Gasteiger partial charge on any atom is -0.388 e. The quantitative estimate of drug-likeness (QED) is 0.682. The van der Waals surface area contributed by atoms with Gasteiger partial charge in [-0.15, -0.1) is 0 Å². The Morgan fingerprint density at radius 2 is 1.95 bits per heavy atom. The van der Waals surface area contributed by atoms with Gasteiger partial charge < -0.3 is 16.0 Å². The largest absolute Gasteiger partial charge is 0.388 e. The van der Waals surface area contributed by atoms with Crippen molar-refractivity contribution in [3.63, 3.8) is 0 Å². The molecule has 2 aromatic carbocycles. The van der Waals surface area contributed by atoms with Gasteiger partial charge in [0, 0.05) is 12.7 Å². The number of rotatable bonds is 3. The standard InChI is InChI=1S/C16H18N4/c1-10-19-14-7-6-12(9-15(14)20-10)16(17)11-4-3-5-13(8-11)18-2/h3-9,16,18H,17H2,1-2H3,(H,19,20). The highest BCUT2D eigenvalue weighted by atomic mass is 14.9. The fraction of sp³-hybridized carbons (Fsp3) is 0.188. The summed E-state index contributed by atoms with van der Waals surface area (Å²) < 4.78 is 0. The van der Waals surface area contributed by atoms with E-state index in [4.69, 9.17) is 5.73 Å². The van der Waals surface area contributed by atoms with E-state index in [-0.39, 0.29) is 6.04 Å². The number of imidazole rings is 1. The molecule has 0 radical (unpaired) electrons. The molecular formula is C16H18N4. The summed E-state index contributed by atoms with van der Waals surface area (Å²) in [5.74, 6) is 0.919. The van der Waals surface area contributed by atoms with Crippen LogP contribution in [0.4, 0.5) is 5.69 Å². The van der Waals surface area contributed by atoms with Crippen LogP contribution in [0.5, 0.6) is 0 Å². The molecule has 0 saturated carbocycles. The third-order valence-electron chi connectivity index (χ3n) is 3.52. The fourth-order valence-corrected chi connectivity index (χ4v) is 2.43. The van der Waals surface area contributed by atoms with E-state index in [1.54, 1.807) is 0 Å². The summed E-state index contributed by atoms with van der Waals surface area (Å²) in [4.78, 5) is 7.66. The van der Waals surface area contributed by atoms with Crippen LogP contribution in [-0.4, -0.2) is 17.0 Å². The highest BCUT2D eigenvalue weighted by Gasteiger charge is 2.11. The molecule has 1 aromatic heterocycles. The number of H-pyrrole nitrogens is 1. The van der Waals surface area contributed by atoms with Gasteiger partial charge in [0.25, 0.3) is 0 Å². The van der Waals surface area contributed by atoms with Gasteiger partial charge in [-0.1, -0.05) is 18.2 Å². The third-order valence-corrected chi connectivity index (χ3v) is 3.52. The van der Waals surface area contributed by atoms with Crippen LogP contribution in [0.15, 0.2) is 42.5 Å². The molecule has 1 unspecified atom stereocenters. The van der Waals surface area contributed by atoms with Gasteiger partial charge in [-0.25, -0.2) is 4.98 Å². The summed E-state index contributed by atoms with van der Waals surface area (Å²) in [6.07, 6.45) is 0. The van der Waals surface area contributed by atoms with Crippen molar-refractivity contribution in [1.29, 1.82) is 0 Å². The Morgan fingerprint density at radius 1 is 1.15 bits per heavy atom. The van der Waals surface area contributed by atoms with Crippen molar-refractivity contribution in [2.45, 2.75) is 13.0 Å². The van der Waals surface area contributed by atoms with E-state index in [0.717, 1.165) is 33.7 Å². The number of hydrogen-bond acceptors (Lipinski definition) is 3. The first-order valence-electron chi connectivity index (χ1n) is 6.67. The van der Waals surface area contributed by atoms with Gasteiger partial charge in [-0.05, 0) is 42.3 Å². The SMILES string of the molecule is CNc1cccc(C(N)c2ccc3nc(C)[nH]c3c2)c1. The lowest BCUT2D eigenvalue weighted by Gasteiger charge is -2.14. The maximum absolute atomic E-state index is 6.38. The van der Waals surface area contributed by atoms with E-state index in [2.05, 4.69) is 27.4 Å². The average Bonchev–Trinajstić information content (AvgIpc) is 2.85. The fourth-order valence-electron chi connectivity index (χ4n) is 2.43. The van der Waals surface area contributed by atoms with Crippen molar-refractivity contribution in [2.24, 2.45) is 5.73 Å². The first kappa shape index (κ1) is 12.7. The second-order valence-corrected chi connectivity index (χ2v) is 4.95. The highest BCUT2D eigenvalue weighted by molar-refractivity contribution is 5.76.